The molecule has 0 fully saturated rings. The normalized spacial score (nSPS) is 10.3. The van der Waals surface area contributed by atoms with Crippen LogP contribution in [-0.4, -0.2) is 23.0 Å². The largest absolute Gasteiger partial charge is 0.508 e. The first-order chi connectivity index (χ1) is 9.49. The summed E-state index contributed by atoms with van der Waals surface area (Å²) in [6.07, 6.45) is 0. The van der Waals surface area contributed by atoms with Gasteiger partial charge in [-0.2, -0.15) is 0 Å². The second-order valence-corrected chi connectivity index (χ2v) is 5.66. The van der Waals surface area contributed by atoms with Crippen LogP contribution in [-0.2, 0) is 6.54 Å². The summed E-state index contributed by atoms with van der Waals surface area (Å²) in [6.45, 7) is 2.27. The maximum absolute atomic E-state index is 12.4. The Morgan fingerprint density at radius 1 is 1.25 bits per heavy atom. The Morgan fingerprint density at radius 2 is 1.95 bits per heavy atom. The molecule has 4 heteroatoms. The number of halogens is 1. The van der Waals surface area contributed by atoms with Gasteiger partial charge in [0.15, 0.2) is 0 Å². The van der Waals surface area contributed by atoms with E-state index in [-0.39, 0.29) is 11.7 Å². The number of carbonyl (C=O) groups is 1. The molecule has 2 rings (SSSR count). The van der Waals surface area contributed by atoms with Gasteiger partial charge in [0.05, 0.1) is 0 Å². The van der Waals surface area contributed by atoms with Crippen molar-refractivity contribution in [1.29, 1.82) is 0 Å². The number of aromatic hydroxyl groups is 1. The number of benzene rings is 2. The van der Waals surface area contributed by atoms with Crippen molar-refractivity contribution in [3.8, 4) is 5.75 Å². The van der Waals surface area contributed by atoms with Crippen LogP contribution in [0.2, 0.25) is 0 Å². The maximum Gasteiger partial charge on any atom is 0.254 e. The van der Waals surface area contributed by atoms with Crippen molar-refractivity contribution in [3.05, 3.63) is 63.6 Å². The summed E-state index contributed by atoms with van der Waals surface area (Å²) in [6, 6.07) is 12.8. The molecule has 0 spiro atoms. The lowest BCUT2D eigenvalue weighted by molar-refractivity contribution is 0.0784. The summed E-state index contributed by atoms with van der Waals surface area (Å²) in [5.74, 6) is 0.0464. The molecule has 0 saturated heterocycles. The highest BCUT2D eigenvalue weighted by atomic mass is 79.9. The van der Waals surface area contributed by atoms with Crippen LogP contribution in [0.5, 0.6) is 5.75 Å². The topological polar surface area (TPSA) is 40.5 Å². The number of rotatable bonds is 3. The molecule has 0 aliphatic carbocycles. The second kappa shape index (κ2) is 6.09. The van der Waals surface area contributed by atoms with Crippen LogP contribution >= 0.6 is 15.9 Å². The lowest BCUT2D eigenvalue weighted by Crippen LogP contribution is -2.26. The molecule has 2 aromatic rings. The van der Waals surface area contributed by atoms with Crippen molar-refractivity contribution in [1.82, 2.24) is 4.90 Å². The van der Waals surface area contributed by atoms with Crippen LogP contribution in [0.25, 0.3) is 0 Å². The molecule has 0 aliphatic heterocycles. The molecule has 0 aromatic heterocycles. The standard InChI is InChI=1S/C16H16BrNO2/c1-11-14(7-4-8-15(11)19)16(20)18(2)10-12-5-3-6-13(17)9-12/h3-9,19H,10H2,1-2H3. The third-order valence-electron chi connectivity index (χ3n) is 3.19. The summed E-state index contributed by atoms with van der Waals surface area (Å²) < 4.78 is 0.990. The van der Waals surface area contributed by atoms with E-state index in [0.29, 0.717) is 17.7 Å². The number of phenolic OH excluding ortho intramolecular Hbond substituents is 1. The fourth-order valence-electron chi connectivity index (χ4n) is 2.04. The second-order valence-electron chi connectivity index (χ2n) is 4.74. The molecule has 0 radical (unpaired) electrons. The minimum Gasteiger partial charge on any atom is -0.508 e. The summed E-state index contributed by atoms with van der Waals surface area (Å²) in [7, 11) is 1.76. The molecule has 0 atom stereocenters. The van der Waals surface area contributed by atoms with Crippen molar-refractivity contribution in [2.75, 3.05) is 7.05 Å². The molecule has 0 saturated carbocycles. The minimum absolute atomic E-state index is 0.0987. The quantitative estimate of drug-likeness (QED) is 0.929. The van der Waals surface area contributed by atoms with Gasteiger partial charge in [0.1, 0.15) is 5.75 Å². The molecule has 0 aliphatic rings. The molecular formula is C16H16BrNO2. The SMILES string of the molecule is Cc1c(O)cccc1C(=O)N(C)Cc1cccc(Br)c1. The highest BCUT2D eigenvalue weighted by molar-refractivity contribution is 9.10. The highest BCUT2D eigenvalue weighted by Gasteiger charge is 2.15. The van der Waals surface area contributed by atoms with Gasteiger partial charge in [0.25, 0.3) is 5.91 Å². The average Bonchev–Trinajstić information content (AvgIpc) is 2.41. The minimum atomic E-state index is -0.0987. The molecule has 3 nitrogen and oxygen atoms in total. The number of amides is 1. The Bertz CT molecular complexity index is 640. The van der Waals surface area contributed by atoms with Crippen LogP contribution in [0.1, 0.15) is 21.5 Å². The average molecular weight is 334 g/mol. The first kappa shape index (κ1) is 14.6. The van der Waals surface area contributed by atoms with E-state index in [0.717, 1.165) is 10.0 Å². The Hall–Kier alpha value is -1.81. The van der Waals surface area contributed by atoms with Gasteiger partial charge in [-0.3, -0.25) is 4.79 Å². The Morgan fingerprint density at radius 3 is 2.65 bits per heavy atom. The van der Waals surface area contributed by atoms with Crippen molar-refractivity contribution in [2.45, 2.75) is 13.5 Å². The van der Waals surface area contributed by atoms with Crippen LogP contribution in [0.3, 0.4) is 0 Å². The number of phenols is 1. The van der Waals surface area contributed by atoms with E-state index in [1.807, 2.05) is 24.3 Å². The summed E-state index contributed by atoms with van der Waals surface area (Å²) in [4.78, 5) is 14.1. The van der Waals surface area contributed by atoms with Crippen LogP contribution in [0, 0.1) is 6.92 Å². The smallest absolute Gasteiger partial charge is 0.254 e. The summed E-state index contributed by atoms with van der Waals surface area (Å²) in [5, 5.41) is 9.68. The summed E-state index contributed by atoms with van der Waals surface area (Å²) >= 11 is 3.42. The molecule has 2 aromatic carbocycles. The van der Waals surface area contributed by atoms with Gasteiger partial charge < -0.3 is 10.0 Å². The van der Waals surface area contributed by atoms with E-state index in [1.165, 1.54) is 0 Å². The van der Waals surface area contributed by atoms with E-state index >= 15 is 0 Å². The fraction of sp³-hybridized carbons (Fsp3) is 0.188. The van der Waals surface area contributed by atoms with Crippen LogP contribution in [0.4, 0.5) is 0 Å². The van der Waals surface area contributed by atoms with E-state index < -0.39 is 0 Å². The van der Waals surface area contributed by atoms with E-state index in [2.05, 4.69) is 15.9 Å². The van der Waals surface area contributed by atoms with E-state index in [9.17, 15) is 9.90 Å². The Balaban J connectivity index is 2.19. The Kier molecular flexibility index (Phi) is 4.45. The van der Waals surface area contributed by atoms with Gasteiger partial charge in [-0.1, -0.05) is 34.1 Å². The molecule has 0 heterocycles. The van der Waals surface area contributed by atoms with Gasteiger partial charge in [-0.25, -0.2) is 0 Å². The molecule has 0 bridgehead atoms. The number of hydrogen-bond acceptors (Lipinski definition) is 2. The van der Waals surface area contributed by atoms with Crippen LogP contribution in [0.15, 0.2) is 46.9 Å². The lowest BCUT2D eigenvalue weighted by Gasteiger charge is -2.19. The zero-order valence-electron chi connectivity index (χ0n) is 11.4. The van der Waals surface area contributed by atoms with Crippen molar-refractivity contribution in [3.63, 3.8) is 0 Å². The Labute approximate surface area is 127 Å². The third-order valence-corrected chi connectivity index (χ3v) is 3.68. The molecule has 1 N–H and O–H groups in total. The third kappa shape index (κ3) is 3.20. The first-order valence-electron chi connectivity index (χ1n) is 6.27. The van der Waals surface area contributed by atoms with E-state index in [4.69, 9.17) is 0 Å². The van der Waals surface area contributed by atoms with E-state index in [1.54, 1.807) is 37.1 Å². The predicted octanol–water partition coefficient (Wildman–Crippen LogP) is 3.74. The highest BCUT2D eigenvalue weighted by Crippen LogP contribution is 2.21. The molecular weight excluding hydrogens is 318 g/mol. The van der Waals surface area contributed by atoms with Gasteiger partial charge in [0, 0.05) is 29.2 Å². The van der Waals surface area contributed by atoms with Crippen molar-refractivity contribution >= 4 is 21.8 Å². The van der Waals surface area contributed by atoms with Crippen LogP contribution < -0.4 is 0 Å². The zero-order chi connectivity index (χ0) is 14.7. The van der Waals surface area contributed by atoms with Gasteiger partial charge in [0.2, 0.25) is 0 Å². The molecule has 20 heavy (non-hydrogen) atoms. The van der Waals surface area contributed by atoms with Crippen molar-refractivity contribution < 1.29 is 9.90 Å². The summed E-state index contributed by atoms with van der Waals surface area (Å²) in [5.41, 5.74) is 2.19. The van der Waals surface area contributed by atoms with Gasteiger partial charge >= 0.3 is 0 Å². The number of carbonyl (C=O) groups excluding carboxylic acids is 1. The predicted molar refractivity (Wildman–Crippen MR) is 82.8 cm³/mol. The molecule has 0 unspecified atom stereocenters. The van der Waals surface area contributed by atoms with Gasteiger partial charge in [-0.15, -0.1) is 0 Å². The molecule has 104 valence electrons. The van der Waals surface area contributed by atoms with Crippen molar-refractivity contribution in [2.24, 2.45) is 0 Å². The fourth-order valence-corrected chi connectivity index (χ4v) is 2.49. The lowest BCUT2D eigenvalue weighted by atomic mass is 10.1. The zero-order valence-corrected chi connectivity index (χ0v) is 13.0. The molecule has 1 amide bonds. The number of hydrogen-bond donors (Lipinski definition) is 1. The monoisotopic (exact) mass is 333 g/mol. The maximum atomic E-state index is 12.4. The number of nitrogens with zero attached hydrogens (tertiary/aromatic N) is 1. The first-order valence-corrected chi connectivity index (χ1v) is 7.07. The van der Waals surface area contributed by atoms with Gasteiger partial charge in [-0.05, 0) is 36.8 Å².